The van der Waals surface area contributed by atoms with Crippen LogP contribution in [0.15, 0.2) is 16.8 Å². The molecule has 0 bridgehead atoms. The van der Waals surface area contributed by atoms with Crippen LogP contribution in [0, 0.1) is 5.41 Å². The Morgan fingerprint density at radius 3 is 2.56 bits per heavy atom. The molecule has 0 saturated carbocycles. The summed E-state index contributed by atoms with van der Waals surface area (Å²) in [5.41, 5.74) is 1.44. The molecule has 1 heteroatoms. The van der Waals surface area contributed by atoms with Gasteiger partial charge in [-0.2, -0.15) is 0 Å². The predicted molar refractivity (Wildman–Crippen MR) is 40.6 cm³/mol. The van der Waals surface area contributed by atoms with Crippen LogP contribution in [0.1, 0.15) is 27.2 Å². The van der Waals surface area contributed by atoms with Gasteiger partial charge in [0.2, 0.25) is 0 Å². The summed E-state index contributed by atoms with van der Waals surface area (Å²) in [5, 5.41) is 0. The van der Waals surface area contributed by atoms with E-state index in [-0.39, 0.29) is 0 Å². The summed E-state index contributed by atoms with van der Waals surface area (Å²) < 4.78 is 0. The van der Waals surface area contributed by atoms with E-state index in [1.807, 2.05) is 13.1 Å². The van der Waals surface area contributed by atoms with Crippen LogP contribution < -0.4 is 0 Å². The quantitative estimate of drug-likeness (QED) is 0.469. The lowest BCUT2D eigenvalue weighted by molar-refractivity contribution is 0.536. The Morgan fingerprint density at radius 1 is 1.56 bits per heavy atom. The molecule has 50 valence electrons. The van der Waals surface area contributed by atoms with Crippen molar-refractivity contribution in [3.8, 4) is 0 Å². The van der Waals surface area contributed by atoms with Crippen LogP contribution >= 0.6 is 0 Å². The number of rotatable bonds is 0. The molecule has 0 atom stereocenters. The second kappa shape index (κ2) is 1.98. The van der Waals surface area contributed by atoms with E-state index in [1.165, 1.54) is 0 Å². The molecule has 1 heterocycles. The maximum Gasteiger partial charge on any atom is 0.0329 e. The Labute approximate surface area is 56.5 Å². The first-order chi connectivity index (χ1) is 4.10. The molecule has 1 nitrogen and oxygen atoms in total. The lowest BCUT2D eigenvalue weighted by Gasteiger charge is -2.19. The van der Waals surface area contributed by atoms with Gasteiger partial charge < -0.3 is 0 Å². The van der Waals surface area contributed by atoms with Crippen LogP contribution in [0.2, 0.25) is 0 Å². The highest BCUT2D eigenvalue weighted by Crippen LogP contribution is 2.23. The lowest BCUT2D eigenvalue weighted by atomic mass is 9.89. The fourth-order valence-electron chi connectivity index (χ4n) is 0.793. The molecule has 0 aromatic heterocycles. The minimum atomic E-state index is 0.291. The average Bonchev–Trinajstić information content (AvgIpc) is 1.78. The number of nitrogens with zero attached hydrogens (tertiary/aromatic N) is 1. The van der Waals surface area contributed by atoms with Crippen LogP contribution in [0.5, 0.6) is 0 Å². The molecule has 0 radical (unpaired) electrons. The summed E-state index contributed by atoms with van der Waals surface area (Å²) in [6, 6.07) is 0. The van der Waals surface area contributed by atoms with Crippen molar-refractivity contribution in [2.75, 3.05) is 0 Å². The van der Waals surface area contributed by atoms with Gasteiger partial charge in [-0.05, 0) is 13.3 Å². The number of allylic oxidation sites excluding steroid dienone is 2. The van der Waals surface area contributed by atoms with Gasteiger partial charge in [-0.3, -0.25) is 4.99 Å². The fourth-order valence-corrected chi connectivity index (χ4v) is 0.793. The SMILES string of the molecule is CC1=CCC(C)(C)C=N1. The third-order valence-electron chi connectivity index (χ3n) is 1.54. The minimum Gasteiger partial charge on any atom is -0.266 e. The largest absolute Gasteiger partial charge is 0.266 e. The van der Waals surface area contributed by atoms with Crippen molar-refractivity contribution < 1.29 is 0 Å². The topological polar surface area (TPSA) is 12.4 Å². The van der Waals surface area contributed by atoms with Crippen LogP contribution in [0.3, 0.4) is 0 Å². The smallest absolute Gasteiger partial charge is 0.0329 e. The zero-order valence-electron chi connectivity index (χ0n) is 6.31. The Bertz CT molecular complexity index is 163. The first kappa shape index (κ1) is 6.53. The van der Waals surface area contributed by atoms with E-state index >= 15 is 0 Å². The van der Waals surface area contributed by atoms with E-state index in [0.717, 1.165) is 12.1 Å². The van der Waals surface area contributed by atoms with Crippen molar-refractivity contribution in [2.24, 2.45) is 10.4 Å². The fraction of sp³-hybridized carbons (Fsp3) is 0.625. The van der Waals surface area contributed by atoms with Gasteiger partial charge in [0.1, 0.15) is 0 Å². The van der Waals surface area contributed by atoms with Gasteiger partial charge in [0.25, 0.3) is 0 Å². The summed E-state index contributed by atoms with van der Waals surface area (Å²) in [6.45, 7) is 6.42. The van der Waals surface area contributed by atoms with Gasteiger partial charge in [-0.15, -0.1) is 0 Å². The summed E-state index contributed by atoms with van der Waals surface area (Å²) in [4.78, 5) is 4.22. The summed E-state index contributed by atoms with van der Waals surface area (Å²) in [6.07, 6.45) is 5.34. The molecular weight excluding hydrogens is 110 g/mol. The normalized spacial score (nSPS) is 23.7. The zero-order chi connectivity index (χ0) is 6.91. The first-order valence-corrected chi connectivity index (χ1v) is 3.32. The molecule has 0 aromatic rings. The molecule has 0 fully saturated rings. The molecule has 1 aliphatic rings. The van der Waals surface area contributed by atoms with Crippen molar-refractivity contribution in [2.45, 2.75) is 27.2 Å². The third-order valence-corrected chi connectivity index (χ3v) is 1.54. The number of aliphatic imine (C=N–C) groups is 1. The van der Waals surface area contributed by atoms with E-state index in [9.17, 15) is 0 Å². The third kappa shape index (κ3) is 1.67. The molecule has 0 spiro atoms. The maximum absolute atomic E-state index is 4.22. The van der Waals surface area contributed by atoms with Crippen LogP contribution in [0.4, 0.5) is 0 Å². The van der Waals surface area contributed by atoms with E-state index in [0.29, 0.717) is 5.41 Å². The van der Waals surface area contributed by atoms with Crippen LogP contribution in [-0.4, -0.2) is 6.21 Å². The molecular formula is C8H13N. The van der Waals surface area contributed by atoms with Crippen LogP contribution in [-0.2, 0) is 0 Å². The van der Waals surface area contributed by atoms with Gasteiger partial charge in [-0.25, -0.2) is 0 Å². The zero-order valence-corrected chi connectivity index (χ0v) is 6.31. The number of hydrogen-bond acceptors (Lipinski definition) is 1. The molecule has 0 aromatic carbocycles. The van der Waals surface area contributed by atoms with Gasteiger partial charge in [0.05, 0.1) is 0 Å². The van der Waals surface area contributed by atoms with Crippen molar-refractivity contribution in [3.63, 3.8) is 0 Å². The minimum absolute atomic E-state index is 0.291. The molecule has 0 N–H and O–H groups in total. The van der Waals surface area contributed by atoms with Gasteiger partial charge >= 0.3 is 0 Å². The average molecular weight is 123 g/mol. The van der Waals surface area contributed by atoms with E-state index in [4.69, 9.17) is 0 Å². The summed E-state index contributed by atoms with van der Waals surface area (Å²) in [5.74, 6) is 0. The van der Waals surface area contributed by atoms with Gasteiger partial charge in [0.15, 0.2) is 0 Å². The van der Waals surface area contributed by atoms with Crippen LogP contribution in [0.25, 0.3) is 0 Å². The predicted octanol–water partition coefficient (Wildman–Crippen LogP) is 2.39. The molecule has 1 rings (SSSR count). The Kier molecular flexibility index (Phi) is 1.43. The standard InChI is InChI=1S/C8H13N/c1-7-4-5-8(2,3)6-9-7/h4,6H,5H2,1-3H3. The van der Waals surface area contributed by atoms with Crippen molar-refractivity contribution in [3.05, 3.63) is 11.8 Å². The van der Waals surface area contributed by atoms with Crippen molar-refractivity contribution in [1.82, 2.24) is 0 Å². The Morgan fingerprint density at radius 2 is 2.22 bits per heavy atom. The van der Waals surface area contributed by atoms with Crippen molar-refractivity contribution >= 4 is 6.21 Å². The first-order valence-electron chi connectivity index (χ1n) is 3.32. The second-order valence-electron chi connectivity index (χ2n) is 3.30. The Balaban J connectivity index is 2.70. The summed E-state index contributed by atoms with van der Waals surface area (Å²) >= 11 is 0. The molecule has 0 unspecified atom stereocenters. The highest BCUT2D eigenvalue weighted by atomic mass is 14.7. The highest BCUT2D eigenvalue weighted by Gasteiger charge is 2.15. The maximum atomic E-state index is 4.22. The molecule has 0 aliphatic carbocycles. The monoisotopic (exact) mass is 123 g/mol. The van der Waals surface area contributed by atoms with E-state index < -0.39 is 0 Å². The van der Waals surface area contributed by atoms with Crippen molar-refractivity contribution in [1.29, 1.82) is 0 Å². The number of hydrogen-bond donors (Lipinski definition) is 0. The van der Waals surface area contributed by atoms with Gasteiger partial charge in [0, 0.05) is 17.3 Å². The van der Waals surface area contributed by atoms with E-state index in [1.54, 1.807) is 0 Å². The summed E-state index contributed by atoms with van der Waals surface area (Å²) in [7, 11) is 0. The Hall–Kier alpha value is -0.590. The molecule has 9 heavy (non-hydrogen) atoms. The molecule has 0 amide bonds. The lowest BCUT2D eigenvalue weighted by Crippen LogP contribution is -2.14. The van der Waals surface area contributed by atoms with E-state index in [2.05, 4.69) is 24.9 Å². The van der Waals surface area contributed by atoms with Gasteiger partial charge in [-0.1, -0.05) is 19.9 Å². The molecule has 0 saturated heterocycles. The molecule has 1 aliphatic heterocycles. The second-order valence-corrected chi connectivity index (χ2v) is 3.30. The highest BCUT2D eigenvalue weighted by molar-refractivity contribution is 5.67.